The fourth-order valence-corrected chi connectivity index (χ4v) is 0. The summed E-state index contributed by atoms with van der Waals surface area (Å²) in [5.74, 6) is 0. The zero-order valence-corrected chi connectivity index (χ0v) is 49.3. The lowest BCUT2D eigenvalue weighted by Gasteiger charge is -2.00. The van der Waals surface area contributed by atoms with Crippen LogP contribution in [0.2, 0.25) is 0 Å². The predicted molar refractivity (Wildman–Crippen MR) is 301 cm³/mol. The largest absolute Gasteiger partial charge is 0.388 e. The lowest BCUT2D eigenvalue weighted by molar-refractivity contribution is 0.215. The van der Waals surface area contributed by atoms with Crippen LogP contribution in [0, 0.1) is 0 Å². The first-order valence-electron chi connectivity index (χ1n) is 22.5. The fraction of sp³-hybridized carbons (Fsp3) is 1.00. The van der Waals surface area contributed by atoms with Crippen molar-refractivity contribution in [2.75, 3.05) is 112 Å². The summed E-state index contributed by atoms with van der Waals surface area (Å²) < 4.78 is 8.79. The Morgan fingerprint density at radius 2 is 0.316 bits per heavy atom. The molecule has 0 aromatic carbocycles. The van der Waals surface area contributed by atoms with E-state index in [1.165, 1.54) is 42.3 Å². The highest BCUT2D eigenvalue weighted by Crippen LogP contribution is 1.64. The van der Waals surface area contributed by atoms with Gasteiger partial charge >= 0.3 is 0 Å². The van der Waals surface area contributed by atoms with E-state index in [1.54, 1.807) is 21.3 Å². The highest BCUT2D eigenvalue weighted by atomic mass is 16.5. The van der Waals surface area contributed by atoms with E-state index in [0.717, 1.165) is 19.7 Å². The summed E-state index contributed by atoms with van der Waals surface area (Å²) in [5.41, 5.74) is 27.0. The molecule has 57 heavy (non-hydrogen) atoms. The van der Waals surface area contributed by atoms with Gasteiger partial charge in [0.15, 0.2) is 0 Å². The second-order valence-electron chi connectivity index (χ2n) is 3.78. The van der Waals surface area contributed by atoms with Crippen LogP contribution in [-0.4, -0.2) is 121 Å². The highest BCUT2D eigenvalue weighted by molar-refractivity contribution is 4.26. The average molecular weight is 862 g/mol. The third-order valence-corrected chi connectivity index (χ3v) is 1.55. The van der Waals surface area contributed by atoms with Gasteiger partial charge in [-0.1, -0.05) is 209 Å². The third-order valence-electron chi connectivity index (χ3n) is 1.55. The summed E-state index contributed by atoms with van der Waals surface area (Å²) in [6.07, 6.45) is 0. The first-order valence-corrected chi connectivity index (χ1v) is 22.5. The molecule has 0 bridgehead atoms. The monoisotopic (exact) mass is 861 g/mol. The van der Waals surface area contributed by atoms with Gasteiger partial charge in [0, 0.05) is 27.9 Å². The fourth-order valence-electron chi connectivity index (χ4n) is 0. The second-order valence-corrected chi connectivity index (χ2v) is 3.78. The topological polar surface area (TPSA) is 181 Å². The van der Waals surface area contributed by atoms with Crippen LogP contribution in [0.3, 0.4) is 0 Å². The summed E-state index contributed by atoms with van der Waals surface area (Å²) in [4.78, 5) is 4.25. The van der Waals surface area contributed by atoms with Gasteiger partial charge in [0.05, 0.1) is 0 Å². The Bertz CT molecular complexity index is 108. The molecule has 0 aliphatic heterocycles. The molecule has 0 aliphatic carbocycles. The maximum atomic E-state index is 4.54. The van der Waals surface area contributed by atoms with Crippen molar-refractivity contribution in [1.29, 1.82) is 0 Å². The molecule has 0 aromatic heterocycles. The zero-order valence-electron chi connectivity index (χ0n) is 49.3. The van der Waals surface area contributed by atoms with E-state index in [2.05, 4.69) is 95.7 Å². The van der Waals surface area contributed by atoms with Gasteiger partial charge in [0.1, 0.15) is 0 Å². The van der Waals surface area contributed by atoms with Crippen molar-refractivity contribution >= 4 is 0 Å². The van der Waals surface area contributed by atoms with Crippen molar-refractivity contribution in [3.63, 3.8) is 0 Å². The van der Waals surface area contributed by atoms with Crippen molar-refractivity contribution in [3.8, 4) is 0 Å². The van der Waals surface area contributed by atoms with E-state index >= 15 is 0 Å². The number of nitrogens with zero attached hydrogens (tertiary/aromatic N) is 2. The number of hydrogen-bond donors (Lipinski definition) is 6. The van der Waals surface area contributed by atoms with E-state index in [-0.39, 0.29) is 14.9 Å². The van der Waals surface area contributed by atoms with E-state index in [0.29, 0.717) is 0 Å². The molecule has 0 aliphatic rings. The summed E-state index contributed by atoms with van der Waals surface area (Å²) >= 11 is 0. The van der Waals surface area contributed by atoms with Crippen molar-refractivity contribution in [2.45, 2.75) is 216 Å². The molecular formula is C47H152N8O2. The Morgan fingerprint density at radius 3 is 0.316 bits per heavy atom. The molecule has 0 spiro atoms. The molecule has 10 nitrogen and oxygen atoms in total. The van der Waals surface area contributed by atoms with Crippen molar-refractivity contribution in [1.82, 2.24) is 9.80 Å². The summed E-state index contributed by atoms with van der Waals surface area (Å²) in [5, 5.41) is 0. The van der Waals surface area contributed by atoms with Gasteiger partial charge in [-0.25, -0.2) is 0 Å². The third kappa shape index (κ3) is 7550. The Balaban J connectivity index is -0.00000000825. The van der Waals surface area contributed by atoms with Gasteiger partial charge < -0.3 is 53.7 Å². The van der Waals surface area contributed by atoms with E-state index in [9.17, 15) is 0 Å². The van der Waals surface area contributed by atoms with Crippen molar-refractivity contribution in [3.05, 3.63) is 0 Å². The van der Waals surface area contributed by atoms with Gasteiger partial charge in [0.25, 0.3) is 0 Å². The number of ether oxygens (including phenoxy) is 2. The lowest BCUT2D eigenvalue weighted by atomic mass is 10.7. The average Bonchev–Trinajstić information content (AvgIpc) is 3.36. The highest BCUT2D eigenvalue weighted by Gasteiger charge is 1.72. The molecule has 12 N–H and O–H groups in total. The zero-order chi connectivity index (χ0) is 52.7. The van der Waals surface area contributed by atoms with Gasteiger partial charge in [0.2, 0.25) is 0 Å². The van der Waals surface area contributed by atoms with Crippen LogP contribution in [0.15, 0.2) is 0 Å². The van der Waals surface area contributed by atoms with Crippen molar-refractivity contribution < 1.29 is 9.47 Å². The molecule has 0 rings (SSSR count). The molecule has 0 atom stereocenters. The number of methoxy groups -OCH3 is 2. The van der Waals surface area contributed by atoms with Crippen LogP contribution < -0.4 is 34.4 Å². The van der Waals surface area contributed by atoms with Gasteiger partial charge in [-0.3, -0.25) is 0 Å². The van der Waals surface area contributed by atoms with E-state index < -0.39 is 0 Å². The van der Waals surface area contributed by atoms with Crippen LogP contribution in [0.5, 0.6) is 0 Å². The standard InChI is InChI=1S/2C4H11N.C3H8O.C2H6O.13C2H6.6CH5N.2CH4/c2*1-4-5(2)3;1-3-4-2;1-3-2;19*1-2;;/h2*4H2,1-3H3;3H2,1-2H3;1-2H3;13*1-2H3;6*2H2,1H3;2*1H4. The first-order chi connectivity index (χ1) is 26.9. The van der Waals surface area contributed by atoms with Crippen LogP contribution in [0.1, 0.15) is 216 Å². The SMILES string of the molecule is C.C.CC.CC.CC.CC.CC.CC.CC.CC.CC.CC.CC.CC.CC.CCN(C)C.CCN(C)C.CCOC.CN.CN.CN.CN.CN.CN.COC. The minimum absolute atomic E-state index is 0. The molecule has 392 valence electrons. The van der Waals surface area contributed by atoms with Crippen LogP contribution in [0.25, 0.3) is 0 Å². The van der Waals surface area contributed by atoms with E-state index in [1.807, 2.05) is 187 Å². The van der Waals surface area contributed by atoms with E-state index in [4.69, 9.17) is 0 Å². The minimum atomic E-state index is 0. The van der Waals surface area contributed by atoms with Crippen LogP contribution >= 0.6 is 0 Å². The normalized spacial score (nSPS) is 4.53. The van der Waals surface area contributed by atoms with Crippen LogP contribution in [0.4, 0.5) is 0 Å². The number of rotatable bonds is 3. The molecule has 0 heterocycles. The van der Waals surface area contributed by atoms with Gasteiger partial charge in [-0.15, -0.1) is 0 Å². The molecule has 0 aromatic rings. The maximum Gasteiger partial charge on any atom is 0.0433 e. The summed E-state index contributed by atoms with van der Waals surface area (Å²) in [6, 6.07) is 0. The number of hydrogen-bond acceptors (Lipinski definition) is 10. The summed E-state index contributed by atoms with van der Waals surface area (Å²) in [7, 11) is 22.2. The lowest BCUT2D eigenvalue weighted by Crippen LogP contribution is -2.08. The number of nitrogens with two attached hydrogens (primary N) is 6. The Morgan fingerprint density at radius 1 is 0.281 bits per heavy atom. The molecule has 10 heteroatoms. The maximum absolute atomic E-state index is 4.54. The predicted octanol–water partition coefficient (Wildman–Crippen LogP) is 14.1. The van der Waals surface area contributed by atoms with Crippen molar-refractivity contribution in [2.24, 2.45) is 34.4 Å². The van der Waals surface area contributed by atoms with Crippen LogP contribution in [-0.2, 0) is 9.47 Å². The molecule has 0 fully saturated rings. The molecule has 0 amide bonds. The quantitative estimate of drug-likeness (QED) is 0.160. The Kier molecular flexibility index (Phi) is 4530. The Hall–Kier alpha value is -0.400. The van der Waals surface area contributed by atoms with Gasteiger partial charge in [-0.05, 0) is 90.5 Å². The molecule has 0 saturated carbocycles. The first kappa shape index (κ1) is 175. The smallest absolute Gasteiger partial charge is 0.0433 e. The molecular weight excluding hydrogens is 709 g/mol. The summed E-state index contributed by atoms with van der Waals surface area (Å²) in [6.45, 7) is 61.3. The molecule has 0 saturated heterocycles. The second kappa shape index (κ2) is 1480. The van der Waals surface area contributed by atoms with Gasteiger partial charge in [-0.2, -0.15) is 0 Å². The Labute approximate surface area is 379 Å². The molecule has 0 radical (unpaired) electrons. The minimum Gasteiger partial charge on any atom is -0.388 e. The molecule has 0 unspecified atom stereocenters.